The number of rotatable bonds is 4. The fourth-order valence-electron chi connectivity index (χ4n) is 2.16. The number of ether oxygens (including phenoxy) is 1. The van der Waals surface area contributed by atoms with Gasteiger partial charge in [-0.3, -0.25) is 4.79 Å². The van der Waals surface area contributed by atoms with Crippen molar-refractivity contribution in [1.29, 1.82) is 0 Å². The van der Waals surface area contributed by atoms with Crippen molar-refractivity contribution in [3.63, 3.8) is 0 Å². The highest BCUT2D eigenvalue weighted by atomic mass is 35.5. The van der Waals surface area contributed by atoms with Crippen molar-refractivity contribution in [2.45, 2.75) is 25.3 Å². The second-order valence-corrected chi connectivity index (χ2v) is 5.54. The van der Waals surface area contributed by atoms with Crippen molar-refractivity contribution in [3.8, 4) is 5.75 Å². The highest BCUT2D eigenvalue weighted by molar-refractivity contribution is 6.30. The number of piperidine rings is 1. The van der Waals surface area contributed by atoms with E-state index in [-0.39, 0.29) is 18.1 Å². The van der Waals surface area contributed by atoms with E-state index in [2.05, 4.69) is 17.6 Å². The van der Waals surface area contributed by atoms with Gasteiger partial charge in [0.1, 0.15) is 5.75 Å². The lowest BCUT2D eigenvalue weighted by molar-refractivity contribution is -0.125. The van der Waals surface area contributed by atoms with E-state index >= 15 is 0 Å². The van der Waals surface area contributed by atoms with Gasteiger partial charge in [-0.05, 0) is 57.1 Å². The molecule has 0 bridgehead atoms. The molecular weight excluding hydrogens is 264 g/mol. The molecule has 2 rings (SSSR count). The lowest BCUT2D eigenvalue weighted by atomic mass is 9.90. The Bertz CT molecular complexity index is 428. The van der Waals surface area contributed by atoms with Gasteiger partial charge in [-0.15, -0.1) is 0 Å². The molecule has 1 aliphatic rings. The molecule has 0 aromatic heterocycles. The van der Waals surface area contributed by atoms with Crippen LogP contribution in [0.4, 0.5) is 0 Å². The molecule has 1 aliphatic heterocycles. The van der Waals surface area contributed by atoms with E-state index in [1.807, 2.05) is 0 Å². The summed E-state index contributed by atoms with van der Waals surface area (Å²) in [5.74, 6) is 0.564. The third-order valence-corrected chi connectivity index (χ3v) is 3.58. The summed E-state index contributed by atoms with van der Waals surface area (Å²) in [6, 6.07) is 6.98. The van der Waals surface area contributed by atoms with Crippen LogP contribution in [0.3, 0.4) is 0 Å². The lowest BCUT2D eigenvalue weighted by Crippen LogP contribution is -2.53. The van der Waals surface area contributed by atoms with Crippen molar-refractivity contribution in [2.24, 2.45) is 0 Å². The summed E-state index contributed by atoms with van der Waals surface area (Å²) < 4.78 is 5.42. The van der Waals surface area contributed by atoms with Crippen LogP contribution in [0, 0.1) is 0 Å². The highest BCUT2D eigenvalue weighted by Crippen LogP contribution is 2.18. The van der Waals surface area contributed by atoms with E-state index in [1.54, 1.807) is 24.3 Å². The van der Waals surface area contributed by atoms with Gasteiger partial charge in [0.15, 0.2) is 6.61 Å². The molecule has 1 amide bonds. The van der Waals surface area contributed by atoms with Gasteiger partial charge in [-0.25, -0.2) is 0 Å². The maximum absolute atomic E-state index is 11.9. The molecule has 1 aromatic rings. The molecule has 2 N–H and O–H groups in total. The lowest BCUT2D eigenvalue weighted by Gasteiger charge is -2.34. The molecule has 104 valence electrons. The van der Waals surface area contributed by atoms with Crippen molar-refractivity contribution in [3.05, 3.63) is 29.3 Å². The van der Waals surface area contributed by atoms with Crippen LogP contribution in [0.5, 0.6) is 5.75 Å². The fourth-order valence-corrected chi connectivity index (χ4v) is 2.28. The number of benzene rings is 1. The largest absolute Gasteiger partial charge is 0.484 e. The standard InChI is InChI=1S/C14H19ClN2O2/c1-14(6-8-16-9-7-14)17-13(18)10-19-12-4-2-11(15)3-5-12/h2-5,16H,6-10H2,1H3,(H,17,18). The van der Waals surface area contributed by atoms with Gasteiger partial charge in [0, 0.05) is 10.6 Å². The first kappa shape index (κ1) is 14.2. The molecular formula is C14H19ClN2O2. The van der Waals surface area contributed by atoms with Gasteiger partial charge < -0.3 is 15.4 Å². The first-order chi connectivity index (χ1) is 9.07. The molecule has 1 fully saturated rings. The zero-order valence-electron chi connectivity index (χ0n) is 11.0. The molecule has 0 atom stereocenters. The fraction of sp³-hybridized carbons (Fsp3) is 0.500. The van der Waals surface area contributed by atoms with Gasteiger partial charge in [-0.1, -0.05) is 11.6 Å². The minimum atomic E-state index is -0.119. The zero-order chi connectivity index (χ0) is 13.7. The topological polar surface area (TPSA) is 50.4 Å². The van der Waals surface area contributed by atoms with Gasteiger partial charge in [0.25, 0.3) is 5.91 Å². The number of hydrogen-bond donors (Lipinski definition) is 2. The van der Waals surface area contributed by atoms with E-state index in [4.69, 9.17) is 16.3 Å². The molecule has 0 radical (unpaired) electrons. The first-order valence-electron chi connectivity index (χ1n) is 6.48. The molecule has 1 heterocycles. The van der Waals surface area contributed by atoms with Gasteiger partial charge >= 0.3 is 0 Å². The van der Waals surface area contributed by atoms with Crippen LogP contribution in [0.2, 0.25) is 5.02 Å². The Labute approximate surface area is 118 Å². The Hall–Kier alpha value is -1.26. The highest BCUT2D eigenvalue weighted by Gasteiger charge is 2.28. The van der Waals surface area contributed by atoms with Gasteiger partial charge in [0.2, 0.25) is 0 Å². The third-order valence-electron chi connectivity index (χ3n) is 3.33. The predicted molar refractivity (Wildman–Crippen MR) is 75.6 cm³/mol. The smallest absolute Gasteiger partial charge is 0.258 e. The van der Waals surface area contributed by atoms with E-state index in [0.717, 1.165) is 25.9 Å². The first-order valence-corrected chi connectivity index (χ1v) is 6.85. The zero-order valence-corrected chi connectivity index (χ0v) is 11.8. The average molecular weight is 283 g/mol. The Morgan fingerprint density at radius 3 is 2.63 bits per heavy atom. The second-order valence-electron chi connectivity index (χ2n) is 5.10. The summed E-state index contributed by atoms with van der Waals surface area (Å²) in [7, 11) is 0. The summed E-state index contributed by atoms with van der Waals surface area (Å²) in [6.45, 7) is 3.99. The maximum atomic E-state index is 11.9. The quantitative estimate of drug-likeness (QED) is 0.888. The van der Waals surface area contributed by atoms with E-state index in [9.17, 15) is 4.79 Å². The summed E-state index contributed by atoms with van der Waals surface area (Å²) in [5.41, 5.74) is -0.119. The van der Waals surface area contributed by atoms with E-state index in [0.29, 0.717) is 10.8 Å². The van der Waals surface area contributed by atoms with E-state index < -0.39 is 0 Å². The molecule has 0 spiro atoms. The molecule has 0 unspecified atom stereocenters. The Kier molecular flexibility index (Phi) is 4.66. The maximum Gasteiger partial charge on any atom is 0.258 e. The molecule has 0 aliphatic carbocycles. The van der Waals surface area contributed by atoms with Crippen molar-refractivity contribution >= 4 is 17.5 Å². The molecule has 0 saturated carbocycles. The predicted octanol–water partition coefficient (Wildman–Crippen LogP) is 1.98. The minimum Gasteiger partial charge on any atom is -0.484 e. The van der Waals surface area contributed by atoms with Crippen molar-refractivity contribution in [2.75, 3.05) is 19.7 Å². The van der Waals surface area contributed by atoms with Crippen molar-refractivity contribution in [1.82, 2.24) is 10.6 Å². The third kappa shape index (κ3) is 4.40. The Morgan fingerprint density at radius 2 is 2.00 bits per heavy atom. The monoisotopic (exact) mass is 282 g/mol. The van der Waals surface area contributed by atoms with Crippen LogP contribution >= 0.6 is 11.6 Å². The SMILES string of the molecule is CC1(NC(=O)COc2ccc(Cl)cc2)CCNCC1. The normalized spacial score (nSPS) is 17.8. The molecule has 1 aromatic carbocycles. The minimum absolute atomic E-state index is 0.0324. The van der Waals surface area contributed by atoms with Crippen LogP contribution < -0.4 is 15.4 Å². The van der Waals surface area contributed by atoms with Crippen LogP contribution in [0.1, 0.15) is 19.8 Å². The Morgan fingerprint density at radius 1 is 1.37 bits per heavy atom. The molecule has 19 heavy (non-hydrogen) atoms. The second kappa shape index (κ2) is 6.26. The molecule has 1 saturated heterocycles. The number of carbonyl (C=O) groups excluding carboxylic acids is 1. The summed E-state index contributed by atoms with van der Waals surface area (Å²) >= 11 is 5.78. The number of amides is 1. The number of nitrogens with one attached hydrogen (secondary N) is 2. The van der Waals surface area contributed by atoms with Crippen LogP contribution in [0.15, 0.2) is 24.3 Å². The van der Waals surface area contributed by atoms with Crippen molar-refractivity contribution < 1.29 is 9.53 Å². The number of carbonyl (C=O) groups is 1. The average Bonchev–Trinajstić information content (AvgIpc) is 2.38. The number of hydrogen-bond acceptors (Lipinski definition) is 3. The summed E-state index contributed by atoms with van der Waals surface area (Å²) in [6.07, 6.45) is 1.89. The Balaban J connectivity index is 1.79. The van der Waals surface area contributed by atoms with Crippen LogP contribution in [-0.4, -0.2) is 31.1 Å². The summed E-state index contributed by atoms with van der Waals surface area (Å²) in [4.78, 5) is 11.9. The molecule has 5 heteroatoms. The van der Waals surface area contributed by atoms with Crippen LogP contribution in [-0.2, 0) is 4.79 Å². The van der Waals surface area contributed by atoms with E-state index in [1.165, 1.54) is 0 Å². The van der Waals surface area contributed by atoms with Gasteiger partial charge in [-0.2, -0.15) is 0 Å². The molecule has 4 nitrogen and oxygen atoms in total. The van der Waals surface area contributed by atoms with Gasteiger partial charge in [0.05, 0.1) is 0 Å². The van der Waals surface area contributed by atoms with Crippen LogP contribution in [0.25, 0.3) is 0 Å². The summed E-state index contributed by atoms with van der Waals surface area (Å²) in [5, 5.41) is 6.98. The number of halogens is 1.